The largest absolute Gasteiger partial charge is 0.314 e. The summed E-state index contributed by atoms with van der Waals surface area (Å²) >= 11 is 0. The second-order valence-corrected chi connectivity index (χ2v) is 5.52. The lowest BCUT2D eigenvalue weighted by molar-refractivity contribution is 0.0827. The van der Waals surface area contributed by atoms with Crippen LogP contribution in [-0.2, 0) is 13.1 Å². The molecule has 0 aliphatic carbocycles. The summed E-state index contributed by atoms with van der Waals surface area (Å²) in [6.07, 6.45) is 5.33. The zero-order valence-corrected chi connectivity index (χ0v) is 11.2. The third-order valence-corrected chi connectivity index (χ3v) is 3.49. The van der Waals surface area contributed by atoms with Gasteiger partial charge >= 0.3 is 0 Å². The van der Waals surface area contributed by atoms with Crippen LogP contribution in [0.5, 0.6) is 0 Å². The summed E-state index contributed by atoms with van der Waals surface area (Å²) in [6, 6.07) is 0. The molecule has 1 aromatic heterocycles. The summed E-state index contributed by atoms with van der Waals surface area (Å²) in [5, 5.41) is 7.85. The molecule has 2 heterocycles. The van der Waals surface area contributed by atoms with Crippen molar-refractivity contribution in [2.75, 3.05) is 19.6 Å². The average molecular weight is 236 g/mol. The average Bonchev–Trinajstić information content (AvgIpc) is 2.70. The maximum absolute atomic E-state index is 4.39. The van der Waals surface area contributed by atoms with E-state index in [1.165, 1.54) is 5.56 Å². The van der Waals surface area contributed by atoms with Gasteiger partial charge in [-0.05, 0) is 20.3 Å². The fraction of sp³-hybridized carbons (Fsp3) is 0.769. The molecule has 4 nitrogen and oxygen atoms in total. The van der Waals surface area contributed by atoms with E-state index in [9.17, 15) is 0 Å². The van der Waals surface area contributed by atoms with E-state index in [4.69, 9.17) is 0 Å². The molecule has 1 aliphatic heterocycles. The summed E-state index contributed by atoms with van der Waals surface area (Å²) in [4.78, 5) is 2.54. The van der Waals surface area contributed by atoms with E-state index in [-0.39, 0.29) is 5.54 Å². The van der Waals surface area contributed by atoms with Crippen LogP contribution in [-0.4, -0.2) is 39.9 Å². The summed E-state index contributed by atoms with van der Waals surface area (Å²) in [6.45, 7) is 12.1. The molecule has 0 bridgehead atoms. The van der Waals surface area contributed by atoms with Crippen molar-refractivity contribution in [3.63, 3.8) is 0 Å². The first-order valence-electron chi connectivity index (χ1n) is 6.59. The van der Waals surface area contributed by atoms with Gasteiger partial charge in [-0.2, -0.15) is 5.10 Å². The Morgan fingerprint density at radius 3 is 3.00 bits per heavy atom. The van der Waals surface area contributed by atoms with Gasteiger partial charge in [0.2, 0.25) is 0 Å². The molecular formula is C13H24N4. The SMILES string of the molecule is CCCn1cc(CN2CCNCC2(C)C)cn1. The normalized spacial score (nSPS) is 20.6. The molecule has 0 radical (unpaired) electrons. The first kappa shape index (κ1) is 12.6. The molecule has 1 aromatic rings. The van der Waals surface area contributed by atoms with E-state index in [0.717, 1.165) is 39.1 Å². The number of nitrogens with one attached hydrogen (secondary N) is 1. The Balaban J connectivity index is 1.98. The second-order valence-electron chi connectivity index (χ2n) is 5.52. The van der Waals surface area contributed by atoms with Crippen molar-refractivity contribution < 1.29 is 0 Å². The van der Waals surface area contributed by atoms with Crippen molar-refractivity contribution in [3.8, 4) is 0 Å². The summed E-state index contributed by atoms with van der Waals surface area (Å²) < 4.78 is 2.05. The molecule has 1 saturated heterocycles. The number of piperazine rings is 1. The highest BCUT2D eigenvalue weighted by Crippen LogP contribution is 2.19. The molecule has 0 saturated carbocycles. The van der Waals surface area contributed by atoms with E-state index < -0.39 is 0 Å². The first-order valence-corrected chi connectivity index (χ1v) is 6.59. The van der Waals surface area contributed by atoms with Crippen molar-refractivity contribution in [3.05, 3.63) is 18.0 Å². The van der Waals surface area contributed by atoms with Crippen LogP contribution in [0, 0.1) is 0 Å². The highest BCUT2D eigenvalue weighted by atomic mass is 15.3. The van der Waals surface area contributed by atoms with E-state index in [2.05, 4.69) is 42.3 Å². The number of nitrogens with zero attached hydrogens (tertiary/aromatic N) is 3. The Morgan fingerprint density at radius 2 is 2.29 bits per heavy atom. The summed E-state index contributed by atoms with van der Waals surface area (Å²) in [5.74, 6) is 0. The van der Waals surface area contributed by atoms with Gasteiger partial charge in [0, 0.05) is 50.0 Å². The Kier molecular flexibility index (Phi) is 3.84. The zero-order valence-electron chi connectivity index (χ0n) is 11.2. The Labute approximate surface area is 104 Å². The Morgan fingerprint density at radius 1 is 1.47 bits per heavy atom. The van der Waals surface area contributed by atoms with Crippen LogP contribution in [0.1, 0.15) is 32.8 Å². The topological polar surface area (TPSA) is 33.1 Å². The lowest BCUT2D eigenvalue weighted by Crippen LogP contribution is -2.57. The number of hydrogen-bond donors (Lipinski definition) is 1. The smallest absolute Gasteiger partial charge is 0.0534 e. The van der Waals surface area contributed by atoms with E-state index in [1.54, 1.807) is 0 Å². The van der Waals surface area contributed by atoms with E-state index in [1.807, 2.05) is 10.9 Å². The Hall–Kier alpha value is -0.870. The van der Waals surface area contributed by atoms with Crippen molar-refractivity contribution in [1.82, 2.24) is 20.0 Å². The van der Waals surface area contributed by atoms with E-state index >= 15 is 0 Å². The molecule has 2 rings (SSSR count). The summed E-state index contributed by atoms with van der Waals surface area (Å²) in [7, 11) is 0. The van der Waals surface area contributed by atoms with Gasteiger partial charge < -0.3 is 5.32 Å². The first-order chi connectivity index (χ1) is 8.12. The van der Waals surface area contributed by atoms with Crippen molar-refractivity contribution in [1.29, 1.82) is 0 Å². The van der Waals surface area contributed by atoms with E-state index in [0.29, 0.717) is 0 Å². The maximum atomic E-state index is 4.39. The van der Waals surface area contributed by atoms with Crippen LogP contribution in [0.3, 0.4) is 0 Å². The molecule has 0 atom stereocenters. The quantitative estimate of drug-likeness (QED) is 0.859. The van der Waals surface area contributed by atoms with Gasteiger partial charge in [0.1, 0.15) is 0 Å². The van der Waals surface area contributed by atoms with Crippen molar-refractivity contribution in [2.24, 2.45) is 0 Å². The van der Waals surface area contributed by atoms with Gasteiger partial charge in [-0.3, -0.25) is 9.58 Å². The minimum atomic E-state index is 0.241. The van der Waals surface area contributed by atoms with Crippen LogP contribution in [0.15, 0.2) is 12.4 Å². The lowest BCUT2D eigenvalue weighted by atomic mass is 10.00. The molecule has 1 fully saturated rings. The molecule has 0 spiro atoms. The maximum Gasteiger partial charge on any atom is 0.0534 e. The van der Waals surface area contributed by atoms with Crippen LogP contribution in [0.2, 0.25) is 0 Å². The number of hydrogen-bond acceptors (Lipinski definition) is 3. The van der Waals surface area contributed by atoms with Crippen LogP contribution in [0.25, 0.3) is 0 Å². The van der Waals surface area contributed by atoms with Crippen LogP contribution >= 0.6 is 0 Å². The molecule has 0 amide bonds. The molecular weight excluding hydrogens is 212 g/mol. The summed E-state index contributed by atoms with van der Waals surface area (Å²) in [5.41, 5.74) is 1.57. The monoisotopic (exact) mass is 236 g/mol. The van der Waals surface area contributed by atoms with Gasteiger partial charge in [0.25, 0.3) is 0 Å². The highest BCUT2D eigenvalue weighted by molar-refractivity contribution is 5.05. The molecule has 96 valence electrons. The third kappa shape index (κ3) is 3.07. The fourth-order valence-electron chi connectivity index (χ4n) is 2.38. The minimum Gasteiger partial charge on any atom is -0.314 e. The molecule has 0 unspecified atom stereocenters. The Bertz CT molecular complexity index is 356. The van der Waals surface area contributed by atoms with Crippen molar-refractivity contribution >= 4 is 0 Å². The van der Waals surface area contributed by atoms with Gasteiger partial charge in [-0.25, -0.2) is 0 Å². The zero-order chi connectivity index (χ0) is 12.3. The lowest BCUT2D eigenvalue weighted by Gasteiger charge is -2.42. The van der Waals surface area contributed by atoms with Gasteiger partial charge in [0.05, 0.1) is 6.20 Å². The molecule has 0 aromatic carbocycles. The predicted octanol–water partition coefficient (Wildman–Crippen LogP) is 1.48. The fourth-order valence-corrected chi connectivity index (χ4v) is 2.38. The van der Waals surface area contributed by atoms with Crippen LogP contribution in [0.4, 0.5) is 0 Å². The molecule has 17 heavy (non-hydrogen) atoms. The van der Waals surface area contributed by atoms with Gasteiger partial charge in [-0.15, -0.1) is 0 Å². The predicted molar refractivity (Wildman–Crippen MR) is 69.9 cm³/mol. The number of aryl methyl sites for hydroxylation is 1. The third-order valence-electron chi connectivity index (χ3n) is 3.49. The molecule has 4 heteroatoms. The van der Waals surface area contributed by atoms with Crippen LogP contribution < -0.4 is 5.32 Å². The number of aromatic nitrogens is 2. The standard InChI is InChI=1S/C13H24N4/c1-4-6-17-10-12(8-15-17)9-16-7-5-14-11-13(16,2)3/h8,10,14H,4-7,9,11H2,1-3H3. The van der Waals surface area contributed by atoms with Crippen molar-refractivity contribution in [2.45, 2.75) is 45.8 Å². The molecule has 1 N–H and O–H groups in total. The number of rotatable bonds is 4. The second kappa shape index (κ2) is 5.19. The van der Waals surface area contributed by atoms with Gasteiger partial charge in [0.15, 0.2) is 0 Å². The highest BCUT2D eigenvalue weighted by Gasteiger charge is 2.29. The minimum absolute atomic E-state index is 0.241. The van der Waals surface area contributed by atoms with Gasteiger partial charge in [-0.1, -0.05) is 6.92 Å². The molecule has 1 aliphatic rings.